The maximum absolute atomic E-state index is 14.1. The minimum absolute atomic E-state index is 0.256. The molecule has 0 spiro atoms. The second-order valence-corrected chi connectivity index (χ2v) is 8.29. The molecule has 136 valence electrons. The van der Waals surface area contributed by atoms with Crippen LogP contribution in [0.4, 0.5) is 8.78 Å². The van der Waals surface area contributed by atoms with Crippen LogP contribution in [0.5, 0.6) is 0 Å². The Morgan fingerprint density at radius 3 is 2.69 bits per heavy atom. The Morgan fingerprint density at radius 2 is 1.96 bits per heavy atom. The molecule has 0 radical (unpaired) electrons. The predicted octanol–water partition coefficient (Wildman–Crippen LogP) is 4.14. The lowest BCUT2D eigenvalue weighted by molar-refractivity contribution is 0.295. The molecule has 0 aliphatic carbocycles. The second kappa shape index (κ2) is 6.17. The lowest BCUT2D eigenvalue weighted by Gasteiger charge is -2.34. The van der Waals surface area contributed by atoms with E-state index in [9.17, 15) is 17.2 Å². The SMILES string of the molecule is CCC1c2[nH]c3ccccc3c2CCN1S(=O)(=O)c1ccc(F)cc1F. The first-order valence-corrected chi connectivity index (χ1v) is 9.94. The van der Waals surface area contributed by atoms with Crippen LogP contribution in [-0.2, 0) is 16.4 Å². The fraction of sp³-hybridized carbons (Fsp3) is 0.263. The predicted molar refractivity (Wildman–Crippen MR) is 95.3 cm³/mol. The molecule has 1 aliphatic rings. The number of hydrogen-bond acceptors (Lipinski definition) is 2. The van der Waals surface area contributed by atoms with E-state index >= 15 is 0 Å². The van der Waals surface area contributed by atoms with Crippen LogP contribution in [0.15, 0.2) is 47.4 Å². The van der Waals surface area contributed by atoms with Crippen molar-refractivity contribution < 1.29 is 17.2 Å². The van der Waals surface area contributed by atoms with E-state index < -0.39 is 32.6 Å². The summed E-state index contributed by atoms with van der Waals surface area (Å²) in [5.41, 5.74) is 2.92. The summed E-state index contributed by atoms with van der Waals surface area (Å²) < 4.78 is 54.8. The number of aromatic nitrogens is 1. The highest BCUT2D eigenvalue weighted by atomic mass is 32.2. The van der Waals surface area contributed by atoms with Gasteiger partial charge in [0, 0.05) is 29.2 Å². The van der Waals surface area contributed by atoms with E-state index in [1.807, 2.05) is 31.2 Å². The molecule has 1 aliphatic heterocycles. The summed E-state index contributed by atoms with van der Waals surface area (Å²) in [5, 5.41) is 1.09. The van der Waals surface area contributed by atoms with Crippen molar-refractivity contribution in [3.8, 4) is 0 Å². The van der Waals surface area contributed by atoms with Crippen LogP contribution < -0.4 is 0 Å². The summed E-state index contributed by atoms with van der Waals surface area (Å²) in [4.78, 5) is 2.85. The fourth-order valence-electron chi connectivity index (χ4n) is 3.80. The maximum atomic E-state index is 14.1. The van der Waals surface area contributed by atoms with E-state index in [0.717, 1.165) is 34.3 Å². The van der Waals surface area contributed by atoms with Crippen molar-refractivity contribution in [1.29, 1.82) is 0 Å². The first-order valence-electron chi connectivity index (χ1n) is 8.50. The van der Waals surface area contributed by atoms with Crippen LogP contribution in [0.1, 0.15) is 30.6 Å². The van der Waals surface area contributed by atoms with Crippen LogP contribution in [0, 0.1) is 11.6 Å². The molecule has 1 atom stereocenters. The van der Waals surface area contributed by atoms with E-state index in [4.69, 9.17) is 0 Å². The summed E-state index contributed by atoms with van der Waals surface area (Å²) in [5.74, 6) is -1.87. The van der Waals surface area contributed by atoms with E-state index in [0.29, 0.717) is 18.9 Å². The van der Waals surface area contributed by atoms with Crippen molar-refractivity contribution in [1.82, 2.24) is 9.29 Å². The highest BCUT2D eigenvalue weighted by molar-refractivity contribution is 7.89. The van der Waals surface area contributed by atoms with Gasteiger partial charge in [-0.25, -0.2) is 17.2 Å². The normalized spacial score (nSPS) is 18.2. The number of nitrogens with one attached hydrogen (secondary N) is 1. The summed E-state index contributed by atoms with van der Waals surface area (Å²) in [6.07, 6.45) is 1.08. The van der Waals surface area contributed by atoms with E-state index in [1.165, 1.54) is 4.31 Å². The molecule has 1 N–H and O–H groups in total. The van der Waals surface area contributed by atoms with Gasteiger partial charge < -0.3 is 4.98 Å². The van der Waals surface area contributed by atoms with Crippen LogP contribution in [0.3, 0.4) is 0 Å². The summed E-state index contributed by atoms with van der Waals surface area (Å²) in [6, 6.07) is 10.00. The quantitative estimate of drug-likeness (QED) is 0.747. The molecule has 0 bridgehead atoms. The molecule has 4 rings (SSSR count). The Kier molecular flexibility index (Phi) is 4.08. The van der Waals surface area contributed by atoms with Crippen molar-refractivity contribution in [2.45, 2.75) is 30.7 Å². The zero-order valence-electron chi connectivity index (χ0n) is 14.2. The number of benzene rings is 2. The summed E-state index contributed by atoms with van der Waals surface area (Å²) in [6.45, 7) is 2.15. The van der Waals surface area contributed by atoms with Gasteiger partial charge in [-0.1, -0.05) is 25.1 Å². The van der Waals surface area contributed by atoms with E-state index in [-0.39, 0.29) is 6.54 Å². The number of hydrogen-bond donors (Lipinski definition) is 1. The molecule has 1 unspecified atom stereocenters. The summed E-state index contributed by atoms with van der Waals surface area (Å²) in [7, 11) is -4.08. The van der Waals surface area contributed by atoms with Crippen molar-refractivity contribution in [3.05, 3.63) is 65.4 Å². The molecule has 2 heterocycles. The lowest BCUT2D eigenvalue weighted by atomic mass is 9.98. The number of halogens is 2. The average molecular weight is 376 g/mol. The number of rotatable bonds is 3. The number of aromatic amines is 1. The first-order chi connectivity index (χ1) is 12.4. The van der Waals surface area contributed by atoms with Crippen molar-refractivity contribution in [2.24, 2.45) is 0 Å². The van der Waals surface area contributed by atoms with Gasteiger partial charge in [0.05, 0.1) is 6.04 Å². The van der Waals surface area contributed by atoms with Gasteiger partial charge in [-0.2, -0.15) is 4.31 Å². The van der Waals surface area contributed by atoms with Gasteiger partial charge >= 0.3 is 0 Å². The minimum Gasteiger partial charge on any atom is -0.357 e. The zero-order valence-corrected chi connectivity index (χ0v) is 15.0. The van der Waals surface area contributed by atoms with Crippen LogP contribution in [0.25, 0.3) is 10.9 Å². The van der Waals surface area contributed by atoms with Gasteiger partial charge in [0.2, 0.25) is 10.0 Å². The molecule has 7 heteroatoms. The number of fused-ring (bicyclic) bond motifs is 3. The Labute approximate surface area is 150 Å². The highest BCUT2D eigenvalue weighted by Gasteiger charge is 2.38. The van der Waals surface area contributed by atoms with E-state index in [2.05, 4.69) is 4.98 Å². The largest absolute Gasteiger partial charge is 0.357 e. The van der Waals surface area contributed by atoms with Gasteiger partial charge in [0.1, 0.15) is 16.5 Å². The number of sulfonamides is 1. The van der Waals surface area contributed by atoms with Crippen molar-refractivity contribution >= 4 is 20.9 Å². The Balaban J connectivity index is 1.82. The van der Waals surface area contributed by atoms with Crippen LogP contribution in [0.2, 0.25) is 0 Å². The van der Waals surface area contributed by atoms with Gasteiger partial charge in [-0.05, 0) is 36.6 Å². The number of H-pyrrole nitrogens is 1. The number of para-hydroxylation sites is 1. The molecule has 0 fully saturated rings. The molecule has 26 heavy (non-hydrogen) atoms. The molecule has 4 nitrogen and oxygen atoms in total. The highest BCUT2D eigenvalue weighted by Crippen LogP contribution is 2.39. The monoisotopic (exact) mass is 376 g/mol. The van der Waals surface area contributed by atoms with Crippen molar-refractivity contribution in [3.63, 3.8) is 0 Å². The third kappa shape index (κ3) is 2.54. The van der Waals surface area contributed by atoms with Gasteiger partial charge in [0.15, 0.2) is 0 Å². The summed E-state index contributed by atoms with van der Waals surface area (Å²) >= 11 is 0. The van der Waals surface area contributed by atoms with Gasteiger partial charge in [-0.15, -0.1) is 0 Å². The Hall–Kier alpha value is -2.25. The maximum Gasteiger partial charge on any atom is 0.246 e. The standard InChI is InChI=1S/C19H18F2N2O2S/c1-2-17-19-14(13-5-3-4-6-16(13)22-19)9-10-23(17)26(24,25)18-8-7-12(20)11-15(18)21/h3-8,11,17,22H,2,9-10H2,1H3. The number of nitrogens with zero attached hydrogens (tertiary/aromatic N) is 1. The molecule has 0 amide bonds. The Bertz CT molecular complexity index is 1090. The van der Waals surface area contributed by atoms with Gasteiger partial charge in [0.25, 0.3) is 0 Å². The molecular weight excluding hydrogens is 358 g/mol. The molecular formula is C19H18F2N2O2S. The minimum atomic E-state index is -4.08. The van der Waals surface area contributed by atoms with Crippen LogP contribution in [-0.4, -0.2) is 24.3 Å². The fourth-order valence-corrected chi connectivity index (χ4v) is 5.52. The molecule has 2 aromatic carbocycles. The topological polar surface area (TPSA) is 53.2 Å². The molecule has 3 aromatic rings. The smallest absolute Gasteiger partial charge is 0.246 e. The first kappa shape index (κ1) is 17.2. The third-order valence-electron chi connectivity index (χ3n) is 4.98. The Morgan fingerprint density at radius 1 is 1.19 bits per heavy atom. The van der Waals surface area contributed by atoms with Gasteiger partial charge in [-0.3, -0.25) is 0 Å². The molecule has 0 saturated carbocycles. The zero-order chi connectivity index (χ0) is 18.5. The second-order valence-electron chi connectivity index (χ2n) is 6.43. The lowest BCUT2D eigenvalue weighted by Crippen LogP contribution is -2.40. The average Bonchev–Trinajstić information content (AvgIpc) is 2.99. The van der Waals surface area contributed by atoms with Crippen molar-refractivity contribution in [2.75, 3.05) is 6.54 Å². The van der Waals surface area contributed by atoms with E-state index in [1.54, 1.807) is 0 Å². The van der Waals surface area contributed by atoms with Crippen LogP contribution >= 0.6 is 0 Å². The molecule has 1 aromatic heterocycles. The third-order valence-corrected chi connectivity index (χ3v) is 6.92. The molecule has 0 saturated heterocycles.